The molecular weight excluding hydrogens is 308 g/mol. The van der Waals surface area contributed by atoms with E-state index in [1.165, 1.54) is 0 Å². The van der Waals surface area contributed by atoms with E-state index in [1.807, 2.05) is 24.3 Å². The number of rotatable bonds is 4. The summed E-state index contributed by atoms with van der Waals surface area (Å²) in [5.41, 5.74) is 2.12. The Hall–Kier alpha value is -3.35. The Kier molecular flexibility index (Phi) is 4.15. The number of aromatic nitrogens is 3. The van der Waals surface area contributed by atoms with Gasteiger partial charge in [0.2, 0.25) is 0 Å². The van der Waals surface area contributed by atoms with Gasteiger partial charge in [0.15, 0.2) is 0 Å². The molecule has 0 aliphatic heterocycles. The third-order valence-electron chi connectivity index (χ3n) is 3.55. The Bertz CT molecular complexity index is 903. The molecule has 0 aliphatic rings. The van der Waals surface area contributed by atoms with Crippen molar-refractivity contribution >= 4 is 0 Å². The minimum Gasteiger partial charge on any atom is -0.497 e. The highest BCUT2D eigenvalue weighted by atomic mass is 16.5. The first kappa shape index (κ1) is 15.5. The van der Waals surface area contributed by atoms with Gasteiger partial charge < -0.3 is 14.7 Å². The van der Waals surface area contributed by atoms with Crippen LogP contribution in [-0.4, -0.2) is 34.4 Å². The molecule has 2 aromatic carbocycles. The molecule has 0 unspecified atom stereocenters. The molecule has 0 bridgehead atoms. The van der Waals surface area contributed by atoms with Gasteiger partial charge in [-0.05, 0) is 48.5 Å². The summed E-state index contributed by atoms with van der Waals surface area (Å²) in [6.45, 7) is 0. The Balaban J connectivity index is 2.16. The lowest BCUT2D eigenvalue weighted by Gasteiger charge is -2.10. The number of nitrogens with one attached hydrogen (secondary N) is 1. The predicted octanol–water partition coefficient (Wildman–Crippen LogP) is 2.35. The highest BCUT2D eigenvalue weighted by molar-refractivity contribution is 5.77. The van der Waals surface area contributed by atoms with Gasteiger partial charge in [-0.3, -0.25) is 5.41 Å². The second kappa shape index (κ2) is 6.41. The Morgan fingerprint density at radius 2 is 1.29 bits per heavy atom. The van der Waals surface area contributed by atoms with Crippen molar-refractivity contribution in [2.24, 2.45) is 0 Å². The molecule has 0 fully saturated rings. The monoisotopic (exact) mass is 324 g/mol. The molecule has 3 rings (SSSR count). The first-order valence-corrected chi connectivity index (χ1v) is 7.16. The topological polar surface area (TPSA) is 93.2 Å². The third kappa shape index (κ3) is 2.91. The molecule has 1 aromatic heterocycles. The van der Waals surface area contributed by atoms with Gasteiger partial charge in [-0.1, -0.05) is 4.85 Å². The van der Waals surface area contributed by atoms with Crippen molar-refractivity contribution in [3.05, 3.63) is 54.1 Å². The van der Waals surface area contributed by atoms with Gasteiger partial charge in [0.25, 0.3) is 5.62 Å². The van der Waals surface area contributed by atoms with E-state index in [1.54, 1.807) is 38.5 Å². The van der Waals surface area contributed by atoms with Crippen LogP contribution in [0.3, 0.4) is 0 Å². The molecule has 7 nitrogen and oxygen atoms in total. The summed E-state index contributed by atoms with van der Waals surface area (Å²) in [6, 6.07) is 14.5. The summed E-state index contributed by atoms with van der Waals surface area (Å²) in [5.74, 6) is 1.43. The van der Waals surface area contributed by atoms with Gasteiger partial charge in [-0.2, -0.15) is 0 Å². The van der Waals surface area contributed by atoms with E-state index in [9.17, 15) is 5.21 Å². The van der Waals surface area contributed by atoms with Gasteiger partial charge in [0, 0.05) is 11.1 Å². The van der Waals surface area contributed by atoms with Crippen LogP contribution in [0.15, 0.2) is 48.5 Å². The number of hydrogen-bond donors (Lipinski definition) is 2. The van der Waals surface area contributed by atoms with Crippen LogP contribution < -0.4 is 15.1 Å². The van der Waals surface area contributed by atoms with Gasteiger partial charge >= 0.3 is 0 Å². The minimum absolute atomic E-state index is 0.349. The van der Waals surface area contributed by atoms with Gasteiger partial charge in [0.1, 0.15) is 22.9 Å². The quantitative estimate of drug-likeness (QED) is 0.719. The molecule has 0 spiro atoms. The van der Waals surface area contributed by atoms with E-state index >= 15 is 0 Å². The van der Waals surface area contributed by atoms with Gasteiger partial charge in [-0.25, -0.2) is 4.98 Å². The predicted molar refractivity (Wildman–Crippen MR) is 87.0 cm³/mol. The third-order valence-corrected chi connectivity index (χ3v) is 3.55. The van der Waals surface area contributed by atoms with Gasteiger partial charge in [0.05, 0.1) is 14.2 Å². The van der Waals surface area contributed by atoms with E-state index in [2.05, 4.69) is 10.1 Å². The van der Waals surface area contributed by atoms with E-state index in [0.717, 1.165) is 16.9 Å². The Morgan fingerprint density at radius 1 is 0.833 bits per heavy atom. The molecule has 0 saturated carbocycles. The summed E-state index contributed by atoms with van der Waals surface area (Å²) in [6.07, 6.45) is 0. The van der Waals surface area contributed by atoms with Crippen LogP contribution in [0.2, 0.25) is 0 Å². The van der Waals surface area contributed by atoms with E-state index in [4.69, 9.17) is 14.9 Å². The van der Waals surface area contributed by atoms with Crippen molar-refractivity contribution in [2.75, 3.05) is 14.2 Å². The molecule has 0 atom stereocenters. The standard InChI is InChI=1S/C17H16N4O3/c1-23-13-7-3-11(4-8-13)15-16(20-21(22)17(18)19-15)12-5-9-14(24-2)10-6-12/h3-10,18,22H,1-2H3. The Morgan fingerprint density at radius 3 is 1.75 bits per heavy atom. The van der Waals surface area contributed by atoms with Crippen LogP contribution in [-0.2, 0) is 0 Å². The lowest BCUT2D eigenvalue weighted by atomic mass is 10.0. The summed E-state index contributed by atoms with van der Waals surface area (Å²) in [7, 11) is 3.19. The fourth-order valence-electron chi connectivity index (χ4n) is 2.29. The smallest absolute Gasteiger partial charge is 0.277 e. The molecule has 3 aromatic rings. The van der Waals surface area contributed by atoms with Crippen LogP contribution in [0.5, 0.6) is 11.5 Å². The number of nitrogens with zero attached hydrogens (tertiary/aromatic N) is 3. The van der Waals surface area contributed by atoms with Crippen LogP contribution in [0.25, 0.3) is 22.5 Å². The molecule has 0 radical (unpaired) electrons. The maximum atomic E-state index is 9.73. The minimum atomic E-state index is -0.349. The number of hydrogen-bond acceptors (Lipinski definition) is 6. The van der Waals surface area contributed by atoms with Crippen molar-refractivity contribution in [3.63, 3.8) is 0 Å². The molecular formula is C17H16N4O3. The fraction of sp³-hybridized carbons (Fsp3) is 0.118. The zero-order chi connectivity index (χ0) is 17.1. The van der Waals surface area contributed by atoms with Crippen LogP contribution in [0.4, 0.5) is 0 Å². The molecule has 0 amide bonds. The fourth-order valence-corrected chi connectivity index (χ4v) is 2.29. The number of benzene rings is 2. The molecule has 1 heterocycles. The largest absolute Gasteiger partial charge is 0.497 e. The van der Waals surface area contributed by atoms with E-state index in [-0.39, 0.29) is 5.62 Å². The summed E-state index contributed by atoms with van der Waals surface area (Å²) in [4.78, 5) is 4.61. The van der Waals surface area contributed by atoms with Crippen molar-refractivity contribution in [3.8, 4) is 34.0 Å². The molecule has 0 saturated heterocycles. The molecule has 122 valence electrons. The van der Waals surface area contributed by atoms with E-state index < -0.39 is 0 Å². The Labute approximate surface area is 138 Å². The lowest BCUT2D eigenvalue weighted by molar-refractivity contribution is 0.126. The maximum Gasteiger partial charge on any atom is 0.277 e. The first-order chi connectivity index (χ1) is 11.6. The second-order valence-electron chi connectivity index (χ2n) is 4.98. The second-order valence-corrected chi connectivity index (χ2v) is 4.98. The average molecular weight is 324 g/mol. The van der Waals surface area contributed by atoms with Crippen LogP contribution in [0, 0.1) is 5.41 Å². The highest BCUT2D eigenvalue weighted by Gasteiger charge is 2.14. The molecule has 2 N–H and O–H groups in total. The average Bonchev–Trinajstić information content (AvgIpc) is 2.64. The summed E-state index contributed by atoms with van der Waals surface area (Å²) in [5, 5.41) is 21.5. The zero-order valence-electron chi connectivity index (χ0n) is 13.2. The van der Waals surface area contributed by atoms with Crippen molar-refractivity contribution in [2.45, 2.75) is 0 Å². The van der Waals surface area contributed by atoms with Gasteiger partial charge in [-0.15, -0.1) is 5.10 Å². The summed E-state index contributed by atoms with van der Waals surface area (Å²) < 4.78 is 10.3. The van der Waals surface area contributed by atoms with Crippen molar-refractivity contribution < 1.29 is 14.7 Å². The maximum absolute atomic E-state index is 9.73. The normalized spacial score (nSPS) is 10.4. The SMILES string of the molecule is COc1ccc(-c2nc(=N)n(O)nc2-c2ccc(OC)cc2)cc1. The zero-order valence-corrected chi connectivity index (χ0v) is 13.2. The van der Waals surface area contributed by atoms with E-state index in [0.29, 0.717) is 22.0 Å². The van der Waals surface area contributed by atoms with Crippen molar-refractivity contribution in [1.29, 1.82) is 5.41 Å². The first-order valence-electron chi connectivity index (χ1n) is 7.16. The van der Waals surface area contributed by atoms with Crippen LogP contribution in [0.1, 0.15) is 0 Å². The molecule has 24 heavy (non-hydrogen) atoms. The van der Waals surface area contributed by atoms with Crippen molar-refractivity contribution in [1.82, 2.24) is 14.9 Å². The number of methoxy groups -OCH3 is 2. The highest BCUT2D eigenvalue weighted by Crippen LogP contribution is 2.29. The van der Waals surface area contributed by atoms with Crippen LogP contribution >= 0.6 is 0 Å². The summed E-state index contributed by atoms with van der Waals surface area (Å²) >= 11 is 0. The number of ether oxygens (including phenoxy) is 2. The molecule has 0 aliphatic carbocycles. The molecule has 7 heteroatoms. The lowest BCUT2D eigenvalue weighted by Crippen LogP contribution is -2.25.